The lowest BCUT2D eigenvalue weighted by atomic mass is 10.1. The molecule has 0 spiro atoms. The summed E-state index contributed by atoms with van der Waals surface area (Å²) in [6, 6.07) is 8.19. The lowest BCUT2D eigenvalue weighted by Gasteiger charge is -2.16. The van der Waals surface area contributed by atoms with Crippen LogP contribution in [0.1, 0.15) is 5.56 Å². The first kappa shape index (κ1) is 13.9. The van der Waals surface area contributed by atoms with Crippen molar-refractivity contribution >= 4 is 11.6 Å². The fraction of sp³-hybridized carbons (Fsp3) is 0.250. The molecule has 3 heteroatoms. The molecule has 1 atom stereocenters. The predicted molar refractivity (Wildman–Crippen MR) is 80.3 cm³/mol. The van der Waals surface area contributed by atoms with Crippen molar-refractivity contribution in [1.82, 2.24) is 5.32 Å². The fourth-order valence-electron chi connectivity index (χ4n) is 2.08. The van der Waals surface area contributed by atoms with E-state index in [1.165, 1.54) is 5.56 Å². The van der Waals surface area contributed by atoms with Gasteiger partial charge in [0.05, 0.1) is 0 Å². The third kappa shape index (κ3) is 3.72. The molecule has 0 aliphatic carbocycles. The second-order valence-electron chi connectivity index (χ2n) is 4.52. The summed E-state index contributed by atoms with van der Waals surface area (Å²) in [6.45, 7) is 8.95. The van der Waals surface area contributed by atoms with E-state index in [0.29, 0.717) is 6.61 Å². The highest BCUT2D eigenvalue weighted by molar-refractivity contribution is 6.30. The molecule has 2 nitrogen and oxygen atoms in total. The Labute approximate surface area is 119 Å². The van der Waals surface area contributed by atoms with E-state index in [9.17, 15) is 0 Å². The molecule has 0 saturated carbocycles. The lowest BCUT2D eigenvalue weighted by molar-refractivity contribution is 0.198. The van der Waals surface area contributed by atoms with Crippen molar-refractivity contribution in [1.29, 1.82) is 0 Å². The molecule has 1 unspecified atom stereocenters. The Morgan fingerprint density at radius 1 is 1.26 bits per heavy atom. The van der Waals surface area contributed by atoms with E-state index in [0.717, 1.165) is 29.3 Å². The Bertz CT molecular complexity index is 468. The van der Waals surface area contributed by atoms with Gasteiger partial charge in [-0.05, 0) is 30.2 Å². The first-order valence-electron chi connectivity index (χ1n) is 6.31. The van der Waals surface area contributed by atoms with Crippen LogP contribution in [0.2, 0.25) is 5.02 Å². The van der Waals surface area contributed by atoms with Crippen molar-refractivity contribution in [3.63, 3.8) is 0 Å². The molecule has 0 saturated heterocycles. The molecule has 0 aromatic heterocycles. The lowest BCUT2D eigenvalue weighted by Crippen LogP contribution is -2.34. The molecule has 1 aliphatic rings. The number of rotatable bonds is 4. The van der Waals surface area contributed by atoms with E-state index in [1.54, 1.807) is 6.08 Å². The molecule has 100 valence electrons. The van der Waals surface area contributed by atoms with Crippen molar-refractivity contribution in [3.05, 3.63) is 71.5 Å². The minimum absolute atomic E-state index is 0.272. The predicted octanol–water partition coefficient (Wildman–Crippen LogP) is 3.50. The van der Waals surface area contributed by atoms with Crippen LogP contribution in [0.4, 0.5) is 0 Å². The van der Waals surface area contributed by atoms with E-state index < -0.39 is 0 Å². The number of allylic oxidation sites excluding steroid dienone is 1. The number of nitrogens with one attached hydrogen (secondary N) is 1. The van der Waals surface area contributed by atoms with Gasteiger partial charge in [-0.1, -0.05) is 43.0 Å². The highest BCUT2D eigenvalue weighted by Crippen LogP contribution is 2.16. The van der Waals surface area contributed by atoms with Crippen LogP contribution in [0.15, 0.2) is 60.9 Å². The summed E-state index contributed by atoms with van der Waals surface area (Å²) < 4.78 is 5.77. The van der Waals surface area contributed by atoms with Gasteiger partial charge in [0.1, 0.15) is 12.4 Å². The van der Waals surface area contributed by atoms with Gasteiger partial charge in [-0.3, -0.25) is 0 Å². The summed E-state index contributed by atoms with van der Waals surface area (Å²) in [5.41, 5.74) is 2.29. The highest BCUT2D eigenvalue weighted by atomic mass is 35.5. The van der Waals surface area contributed by atoms with Gasteiger partial charge in [-0.15, -0.1) is 0 Å². The van der Waals surface area contributed by atoms with Crippen LogP contribution < -0.4 is 5.32 Å². The molecule has 1 heterocycles. The van der Waals surface area contributed by atoms with Crippen molar-refractivity contribution in [2.24, 2.45) is 0 Å². The number of benzene rings is 1. The van der Waals surface area contributed by atoms with Crippen molar-refractivity contribution < 1.29 is 4.74 Å². The monoisotopic (exact) mass is 275 g/mol. The molecule has 1 aromatic rings. The van der Waals surface area contributed by atoms with Crippen LogP contribution in [0.25, 0.3) is 0 Å². The quantitative estimate of drug-likeness (QED) is 0.908. The van der Waals surface area contributed by atoms with Gasteiger partial charge in [-0.25, -0.2) is 0 Å². The Hall–Kier alpha value is -1.51. The van der Waals surface area contributed by atoms with E-state index in [-0.39, 0.29) is 6.04 Å². The molecule has 1 aliphatic heterocycles. The maximum absolute atomic E-state index is 5.89. The molecule has 19 heavy (non-hydrogen) atoms. The summed E-state index contributed by atoms with van der Waals surface area (Å²) in [5.74, 6) is 0.820. The number of ether oxygens (including phenoxy) is 1. The first-order valence-corrected chi connectivity index (χ1v) is 6.69. The summed E-state index contributed by atoms with van der Waals surface area (Å²) >= 11 is 5.89. The first-order chi connectivity index (χ1) is 9.22. The SMILES string of the molecule is C=CC1=C(C=C)OCC(Cc2ccc(Cl)cc2)NC1. The maximum atomic E-state index is 5.89. The molecular formula is C16H18ClNO. The van der Waals surface area contributed by atoms with Crippen molar-refractivity contribution in [3.8, 4) is 0 Å². The van der Waals surface area contributed by atoms with Gasteiger partial charge < -0.3 is 10.1 Å². The van der Waals surface area contributed by atoms with Gasteiger partial charge in [0, 0.05) is 23.2 Å². The van der Waals surface area contributed by atoms with Crippen LogP contribution in [-0.2, 0) is 11.2 Å². The van der Waals surface area contributed by atoms with Gasteiger partial charge in [0.15, 0.2) is 0 Å². The summed E-state index contributed by atoms with van der Waals surface area (Å²) in [7, 11) is 0. The van der Waals surface area contributed by atoms with Crippen molar-refractivity contribution in [2.45, 2.75) is 12.5 Å². The molecule has 1 aromatic carbocycles. The number of halogens is 1. The summed E-state index contributed by atoms with van der Waals surface area (Å²) in [5, 5.41) is 4.24. The molecule has 1 N–H and O–H groups in total. The molecular weight excluding hydrogens is 258 g/mol. The zero-order valence-corrected chi connectivity index (χ0v) is 11.6. The van der Waals surface area contributed by atoms with Crippen LogP contribution >= 0.6 is 11.6 Å². The normalized spacial score (nSPS) is 19.5. The molecule has 2 rings (SSSR count). The molecule has 0 fully saturated rings. The average molecular weight is 276 g/mol. The Balaban J connectivity index is 2.00. The molecule has 0 bridgehead atoms. The zero-order valence-electron chi connectivity index (χ0n) is 10.9. The second-order valence-corrected chi connectivity index (χ2v) is 4.95. The highest BCUT2D eigenvalue weighted by Gasteiger charge is 2.16. The maximum Gasteiger partial charge on any atom is 0.123 e. The van der Waals surface area contributed by atoms with E-state index in [1.807, 2.05) is 30.3 Å². The van der Waals surface area contributed by atoms with Gasteiger partial charge in [0.2, 0.25) is 0 Å². The number of hydrogen-bond donors (Lipinski definition) is 1. The standard InChI is InChI=1S/C16H18ClNO/c1-3-13-10-18-15(11-19-16(13)4-2)9-12-5-7-14(17)8-6-12/h3-8,15,18H,1-2,9-11H2. The Morgan fingerprint density at radius 3 is 2.63 bits per heavy atom. The van der Waals surface area contributed by atoms with Crippen molar-refractivity contribution in [2.75, 3.05) is 13.2 Å². The smallest absolute Gasteiger partial charge is 0.123 e. The fourth-order valence-corrected chi connectivity index (χ4v) is 2.21. The third-order valence-corrected chi connectivity index (χ3v) is 3.42. The summed E-state index contributed by atoms with van der Waals surface area (Å²) in [6.07, 6.45) is 4.46. The number of hydrogen-bond acceptors (Lipinski definition) is 2. The van der Waals surface area contributed by atoms with Crippen LogP contribution in [0.5, 0.6) is 0 Å². The largest absolute Gasteiger partial charge is 0.492 e. The van der Waals surface area contributed by atoms with Crippen LogP contribution in [-0.4, -0.2) is 19.2 Å². The summed E-state index contributed by atoms with van der Waals surface area (Å²) in [4.78, 5) is 0. The Kier molecular flexibility index (Phi) is 4.83. The zero-order chi connectivity index (χ0) is 13.7. The second kappa shape index (κ2) is 6.60. The molecule has 0 radical (unpaired) electrons. The minimum atomic E-state index is 0.272. The van der Waals surface area contributed by atoms with Crippen LogP contribution in [0, 0.1) is 0 Å². The average Bonchev–Trinajstić information content (AvgIpc) is 2.63. The Morgan fingerprint density at radius 2 is 2.00 bits per heavy atom. The van der Waals surface area contributed by atoms with E-state index in [2.05, 4.69) is 18.5 Å². The van der Waals surface area contributed by atoms with E-state index >= 15 is 0 Å². The third-order valence-electron chi connectivity index (χ3n) is 3.16. The van der Waals surface area contributed by atoms with Gasteiger partial charge in [0.25, 0.3) is 0 Å². The van der Waals surface area contributed by atoms with Gasteiger partial charge in [-0.2, -0.15) is 0 Å². The minimum Gasteiger partial charge on any atom is -0.492 e. The molecule has 0 amide bonds. The topological polar surface area (TPSA) is 21.3 Å². The van der Waals surface area contributed by atoms with Gasteiger partial charge >= 0.3 is 0 Å². The van der Waals surface area contributed by atoms with E-state index in [4.69, 9.17) is 16.3 Å². The van der Waals surface area contributed by atoms with Crippen LogP contribution in [0.3, 0.4) is 0 Å².